The number of alkyl halides is 2. The molecule has 33 heavy (non-hydrogen) atoms. The van der Waals surface area contributed by atoms with Crippen LogP contribution < -0.4 is 14.5 Å². The van der Waals surface area contributed by atoms with Crippen molar-refractivity contribution in [2.24, 2.45) is 0 Å². The summed E-state index contributed by atoms with van der Waals surface area (Å²) in [6.45, 7) is -3.03. The van der Waals surface area contributed by atoms with Gasteiger partial charge >= 0.3 is 12.6 Å². The Bertz CT molecular complexity index is 1110. The highest BCUT2D eigenvalue weighted by Gasteiger charge is 2.25. The van der Waals surface area contributed by atoms with Gasteiger partial charge in [-0.1, -0.05) is 29.3 Å². The summed E-state index contributed by atoms with van der Waals surface area (Å²) in [6, 6.07) is 7.17. The summed E-state index contributed by atoms with van der Waals surface area (Å²) < 4.78 is 40.6. The highest BCUT2D eigenvalue weighted by Crippen LogP contribution is 2.36. The quantitative estimate of drug-likeness (QED) is 0.282. The van der Waals surface area contributed by atoms with Crippen LogP contribution in [0.25, 0.3) is 0 Å². The monoisotopic (exact) mass is 519 g/mol. The predicted octanol–water partition coefficient (Wildman–Crippen LogP) is 5.26. The molecule has 0 aliphatic carbocycles. The molecule has 0 spiro atoms. The number of hydrogen-bond donors (Lipinski definition) is 0. The van der Waals surface area contributed by atoms with Gasteiger partial charge in [-0.2, -0.15) is 8.78 Å². The van der Waals surface area contributed by atoms with Gasteiger partial charge in [-0.15, -0.1) is 11.3 Å². The Kier molecular flexibility index (Phi) is 9.54. The number of ether oxygens (including phenoxy) is 3. The van der Waals surface area contributed by atoms with Gasteiger partial charge in [-0.25, -0.2) is 9.78 Å². The van der Waals surface area contributed by atoms with Crippen molar-refractivity contribution in [1.29, 1.82) is 0 Å². The number of benzene rings is 1. The SMILES string of the molecule is COc1cc([C@H](Cc2c(Cl)c[nH+]cc2Cl)OC(=O)c2ccc(C=O)s2)ccc1OC(F)F.[OH-]. The normalized spacial score (nSPS) is 11.5. The number of methoxy groups -OCH3 is 1. The number of H-pyrrole nitrogens is 1. The molecule has 0 unspecified atom stereocenters. The van der Waals surface area contributed by atoms with Crippen LogP contribution in [0.2, 0.25) is 10.0 Å². The maximum absolute atomic E-state index is 12.7. The number of esters is 1. The molecule has 0 saturated carbocycles. The van der Waals surface area contributed by atoms with Gasteiger partial charge in [-0.3, -0.25) is 4.79 Å². The molecule has 12 heteroatoms. The molecule has 7 nitrogen and oxygen atoms in total. The molecule has 176 valence electrons. The third-order valence-electron chi connectivity index (χ3n) is 4.36. The molecule has 0 fully saturated rings. The van der Waals surface area contributed by atoms with Gasteiger partial charge in [0, 0.05) is 12.0 Å². The Morgan fingerprint density at radius 1 is 1.15 bits per heavy atom. The van der Waals surface area contributed by atoms with E-state index in [-0.39, 0.29) is 28.3 Å². The molecule has 0 aliphatic rings. The smallest absolute Gasteiger partial charge is 0.387 e. The molecular formula is C21H17Cl2F2NO6S. The third kappa shape index (κ3) is 6.61. The zero-order valence-corrected chi connectivity index (χ0v) is 19.2. The van der Waals surface area contributed by atoms with Crippen molar-refractivity contribution in [2.75, 3.05) is 7.11 Å². The Labute approximate surface area is 201 Å². The molecule has 0 bridgehead atoms. The van der Waals surface area contributed by atoms with Crippen LogP contribution in [-0.2, 0) is 11.2 Å². The number of aldehydes is 1. The topological polar surface area (TPSA) is 106 Å². The predicted molar refractivity (Wildman–Crippen MR) is 116 cm³/mol. The number of halogens is 4. The number of pyridine rings is 1. The molecule has 0 saturated heterocycles. The lowest BCUT2D eigenvalue weighted by Crippen LogP contribution is -2.15. The summed E-state index contributed by atoms with van der Waals surface area (Å²) in [5.41, 5.74) is 0.945. The summed E-state index contributed by atoms with van der Waals surface area (Å²) in [5, 5.41) is 0.644. The number of aromatic nitrogens is 1. The number of rotatable bonds is 9. The lowest BCUT2D eigenvalue weighted by Gasteiger charge is -2.20. The van der Waals surface area contributed by atoms with Crippen molar-refractivity contribution in [1.82, 2.24) is 0 Å². The van der Waals surface area contributed by atoms with E-state index in [4.69, 9.17) is 32.7 Å². The maximum atomic E-state index is 12.7. The van der Waals surface area contributed by atoms with Gasteiger partial charge in [0.05, 0.1) is 12.0 Å². The highest BCUT2D eigenvalue weighted by atomic mass is 35.5. The van der Waals surface area contributed by atoms with Crippen LogP contribution in [0.15, 0.2) is 42.7 Å². The van der Waals surface area contributed by atoms with Crippen molar-refractivity contribution in [3.8, 4) is 11.5 Å². The molecule has 0 amide bonds. The van der Waals surface area contributed by atoms with Crippen molar-refractivity contribution in [3.63, 3.8) is 0 Å². The second-order valence-corrected chi connectivity index (χ2v) is 8.27. The largest absolute Gasteiger partial charge is 0.870 e. The van der Waals surface area contributed by atoms with Gasteiger partial charge < -0.3 is 19.7 Å². The zero-order valence-electron chi connectivity index (χ0n) is 16.9. The molecule has 3 aromatic rings. The molecule has 2 aromatic heterocycles. The Morgan fingerprint density at radius 2 is 1.85 bits per heavy atom. The van der Waals surface area contributed by atoms with E-state index in [2.05, 4.69) is 9.72 Å². The first-order valence-electron chi connectivity index (χ1n) is 9.05. The molecular weight excluding hydrogens is 503 g/mol. The fourth-order valence-corrected chi connectivity index (χ4v) is 4.11. The number of carbonyl (C=O) groups is 2. The van der Waals surface area contributed by atoms with Crippen LogP contribution in [0, 0.1) is 0 Å². The Balaban J connectivity index is 0.00000385. The van der Waals surface area contributed by atoms with Crippen LogP contribution in [0.5, 0.6) is 11.5 Å². The van der Waals surface area contributed by atoms with Crippen molar-refractivity contribution in [2.45, 2.75) is 19.1 Å². The minimum absolute atomic E-state index is 0. The molecule has 1 atom stereocenters. The molecule has 3 rings (SSSR count). The van der Waals surface area contributed by atoms with Crippen LogP contribution >= 0.6 is 34.5 Å². The van der Waals surface area contributed by atoms with Crippen LogP contribution in [0.3, 0.4) is 0 Å². The van der Waals surface area contributed by atoms with Gasteiger partial charge in [0.2, 0.25) is 0 Å². The molecule has 2 N–H and O–H groups in total. The summed E-state index contributed by atoms with van der Waals surface area (Å²) in [6.07, 6.45) is 2.86. The average Bonchev–Trinajstić information content (AvgIpc) is 3.25. The fraction of sp³-hybridized carbons (Fsp3) is 0.190. The van der Waals surface area contributed by atoms with E-state index < -0.39 is 18.7 Å². The van der Waals surface area contributed by atoms with Crippen LogP contribution in [0.1, 0.15) is 36.6 Å². The Morgan fingerprint density at radius 3 is 2.42 bits per heavy atom. The third-order valence-corrected chi connectivity index (χ3v) is 6.02. The number of carbonyl (C=O) groups excluding carboxylic acids is 2. The highest BCUT2D eigenvalue weighted by molar-refractivity contribution is 7.15. The van der Waals surface area contributed by atoms with Gasteiger partial charge in [0.1, 0.15) is 21.0 Å². The van der Waals surface area contributed by atoms with E-state index in [0.717, 1.165) is 11.3 Å². The molecule has 2 heterocycles. The number of nitrogens with one attached hydrogen (secondary N) is 1. The van der Waals surface area contributed by atoms with Gasteiger partial charge in [0.25, 0.3) is 0 Å². The zero-order chi connectivity index (χ0) is 23.3. The van der Waals surface area contributed by atoms with E-state index in [1.165, 1.54) is 49.8 Å². The second-order valence-electron chi connectivity index (χ2n) is 6.34. The number of thiophene rings is 1. The first-order chi connectivity index (χ1) is 15.3. The minimum Gasteiger partial charge on any atom is -0.870 e. The van der Waals surface area contributed by atoms with Crippen LogP contribution in [0.4, 0.5) is 8.78 Å². The van der Waals surface area contributed by atoms with E-state index in [0.29, 0.717) is 32.3 Å². The standard InChI is InChI=1S/C21H15Cl2F2NO5S.H2O/c1-29-18-6-11(2-4-16(18)31-21(24)25)17(7-13-14(22)8-26-9-15(13)23)30-20(28)19-5-3-12(10-27)32-19;/h2-6,8-10,17,21H,7H2,1H3;1H2/t17-;/m0./s1. The summed E-state index contributed by atoms with van der Waals surface area (Å²) in [5.74, 6) is -0.813. The summed E-state index contributed by atoms with van der Waals surface area (Å²) in [4.78, 5) is 27.0. The van der Waals surface area contributed by atoms with Gasteiger partial charge in [-0.05, 0) is 29.8 Å². The lowest BCUT2D eigenvalue weighted by atomic mass is 10.0. The van der Waals surface area contributed by atoms with E-state index in [1.807, 2.05) is 0 Å². The van der Waals surface area contributed by atoms with Crippen molar-refractivity contribution < 1.29 is 43.0 Å². The molecule has 0 aliphatic heterocycles. The maximum Gasteiger partial charge on any atom is 0.387 e. The first kappa shape index (κ1) is 26.5. The van der Waals surface area contributed by atoms with Gasteiger partial charge in [0.15, 0.2) is 30.2 Å². The van der Waals surface area contributed by atoms with E-state index >= 15 is 0 Å². The summed E-state index contributed by atoms with van der Waals surface area (Å²) in [7, 11) is 1.30. The fourth-order valence-electron chi connectivity index (χ4n) is 2.88. The minimum atomic E-state index is -3.03. The lowest BCUT2D eigenvalue weighted by molar-refractivity contribution is -0.377. The number of hydrogen-bond acceptors (Lipinski definition) is 7. The Hall–Kier alpha value is -2.79. The first-order valence-corrected chi connectivity index (χ1v) is 10.6. The number of aromatic amines is 1. The average molecular weight is 520 g/mol. The van der Waals surface area contributed by atoms with E-state index in [1.54, 1.807) is 0 Å². The summed E-state index contributed by atoms with van der Waals surface area (Å²) >= 11 is 13.5. The van der Waals surface area contributed by atoms with Crippen molar-refractivity contribution in [3.05, 3.63) is 73.7 Å². The molecule has 1 aromatic carbocycles. The van der Waals surface area contributed by atoms with E-state index in [9.17, 15) is 18.4 Å². The second kappa shape index (κ2) is 11.9. The molecule has 0 radical (unpaired) electrons. The van der Waals surface area contributed by atoms with Crippen molar-refractivity contribution >= 4 is 46.8 Å². The van der Waals surface area contributed by atoms with Crippen LogP contribution in [-0.4, -0.2) is 31.5 Å².